The van der Waals surface area contributed by atoms with Gasteiger partial charge >= 0.3 is 0 Å². The van der Waals surface area contributed by atoms with Crippen molar-refractivity contribution in [2.75, 3.05) is 18.4 Å². The standard InChI is InChI=1S/C10H11BrClN3/c1-6-4-7(11)9(5-8(6)12)15-10-13-2-3-14-10/h4-5H,2-3H2,1H3,(H2,13,14,15). The van der Waals surface area contributed by atoms with Crippen LogP contribution >= 0.6 is 27.5 Å². The van der Waals surface area contributed by atoms with Crippen LogP contribution in [0.4, 0.5) is 5.69 Å². The Hall–Kier alpha value is -0.740. The van der Waals surface area contributed by atoms with Gasteiger partial charge in [0.2, 0.25) is 0 Å². The number of anilines is 1. The molecule has 0 bridgehead atoms. The highest BCUT2D eigenvalue weighted by Crippen LogP contribution is 2.29. The Morgan fingerprint density at radius 3 is 3.00 bits per heavy atom. The number of halogens is 2. The van der Waals surface area contributed by atoms with Crippen molar-refractivity contribution in [2.24, 2.45) is 4.99 Å². The molecule has 2 N–H and O–H groups in total. The minimum atomic E-state index is 0.749. The van der Waals surface area contributed by atoms with E-state index in [-0.39, 0.29) is 0 Å². The van der Waals surface area contributed by atoms with Crippen LogP contribution < -0.4 is 10.6 Å². The number of hydrogen-bond donors (Lipinski definition) is 2. The molecule has 0 amide bonds. The van der Waals surface area contributed by atoms with Crippen molar-refractivity contribution in [2.45, 2.75) is 6.92 Å². The lowest BCUT2D eigenvalue weighted by Gasteiger charge is -2.10. The molecule has 0 atom stereocenters. The Balaban J connectivity index is 2.24. The first kappa shape index (κ1) is 10.8. The molecular formula is C10H11BrClN3. The molecule has 1 heterocycles. The van der Waals surface area contributed by atoms with Gasteiger partial charge in [0.25, 0.3) is 0 Å². The second-order valence-electron chi connectivity index (χ2n) is 3.36. The van der Waals surface area contributed by atoms with Crippen LogP contribution in [0.3, 0.4) is 0 Å². The maximum absolute atomic E-state index is 6.05. The number of guanidine groups is 1. The van der Waals surface area contributed by atoms with E-state index in [1.807, 2.05) is 19.1 Å². The number of benzene rings is 1. The lowest BCUT2D eigenvalue weighted by atomic mass is 10.2. The summed E-state index contributed by atoms with van der Waals surface area (Å²) in [7, 11) is 0. The van der Waals surface area contributed by atoms with Gasteiger partial charge in [-0.05, 0) is 40.5 Å². The number of nitrogens with zero attached hydrogens (tertiary/aromatic N) is 1. The molecule has 0 aliphatic carbocycles. The fourth-order valence-electron chi connectivity index (χ4n) is 1.35. The molecule has 15 heavy (non-hydrogen) atoms. The zero-order valence-corrected chi connectivity index (χ0v) is 10.6. The van der Waals surface area contributed by atoms with Crippen molar-refractivity contribution in [1.82, 2.24) is 5.32 Å². The molecule has 1 aliphatic heterocycles. The van der Waals surface area contributed by atoms with Gasteiger partial charge in [0.05, 0.1) is 12.2 Å². The maximum atomic E-state index is 6.05. The molecule has 80 valence electrons. The van der Waals surface area contributed by atoms with E-state index in [2.05, 4.69) is 31.6 Å². The topological polar surface area (TPSA) is 36.4 Å². The quantitative estimate of drug-likeness (QED) is 0.834. The Bertz CT molecular complexity index is 417. The summed E-state index contributed by atoms with van der Waals surface area (Å²) >= 11 is 9.53. The lowest BCUT2D eigenvalue weighted by molar-refractivity contribution is 0.959. The third-order valence-electron chi connectivity index (χ3n) is 2.18. The third kappa shape index (κ3) is 2.44. The monoisotopic (exact) mass is 287 g/mol. The normalized spacial score (nSPS) is 14.7. The second-order valence-corrected chi connectivity index (χ2v) is 4.62. The Morgan fingerprint density at radius 1 is 1.53 bits per heavy atom. The highest BCUT2D eigenvalue weighted by molar-refractivity contribution is 9.10. The van der Waals surface area contributed by atoms with Gasteiger partial charge in [0.15, 0.2) is 5.96 Å². The second kappa shape index (κ2) is 4.41. The summed E-state index contributed by atoms with van der Waals surface area (Å²) in [6.45, 7) is 3.68. The number of aryl methyl sites for hydroxylation is 1. The molecule has 0 aromatic heterocycles. The van der Waals surface area contributed by atoms with Crippen LogP contribution in [-0.2, 0) is 0 Å². The minimum Gasteiger partial charge on any atom is -0.354 e. The van der Waals surface area contributed by atoms with Gasteiger partial charge in [0, 0.05) is 16.0 Å². The Kier molecular flexibility index (Phi) is 3.17. The molecule has 1 aromatic carbocycles. The molecule has 0 radical (unpaired) electrons. The number of aliphatic imine (C=N–C) groups is 1. The molecule has 0 unspecified atom stereocenters. The van der Waals surface area contributed by atoms with Crippen molar-refractivity contribution in [3.63, 3.8) is 0 Å². The molecule has 5 heteroatoms. The molecule has 0 saturated heterocycles. The van der Waals surface area contributed by atoms with Crippen molar-refractivity contribution in [1.29, 1.82) is 0 Å². The lowest BCUT2D eigenvalue weighted by Crippen LogP contribution is -2.26. The summed E-state index contributed by atoms with van der Waals surface area (Å²) in [4.78, 5) is 4.25. The first-order chi connectivity index (χ1) is 7.16. The predicted molar refractivity (Wildman–Crippen MR) is 67.8 cm³/mol. The van der Waals surface area contributed by atoms with E-state index in [9.17, 15) is 0 Å². The Labute approximate surface area is 102 Å². The fraction of sp³-hybridized carbons (Fsp3) is 0.300. The van der Waals surface area contributed by atoms with Gasteiger partial charge < -0.3 is 10.6 Å². The smallest absolute Gasteiger partial charge is 0.195 e. The van der Waals surface area contributed by atoms with Crippen LogP contribution in [0.5, 0.6) is 0 Å². The first-order valence-electron chi connectivity index (χ1n) is 4.68. The van der Waals surface area contributed by atoms with Gasteiger partial charge in [0.1, 0.15) is 0 Å². The molecule has 3 nitrogen and oxygen atoms in total. The molecule has 1 aromatic rings. The fourth-order valence-corrected chi connectivity index (χ4v) is 2.07. The molecule has 0 fully saturated rings. The van der Waals surface area contributed by atoms with E-state index >= 15 is 0 Å². The van der Waals surface area contributed by atoms with E-state index in [1.54, 1.807) is 0 Å². The molecular weight excluding hydrogens is 277 g/mol. The highest BCUT2D eigenvalue weighted by Gasteiger charge is 2.08. The van der Waals surface area contributed by atoms with Gasteiger partial charge in [-0.1, -0.05) is 11.6 Å². The van der Waals surface area contributed by atoms with Crippen LogP contribution in [-0.4, -0.2) is 19.0 Å². The molecule has 1 aliphatic rings. The summed E-state index contributed by atoms with van der Waals surface area (Å²) in [5.41, 5.74) is 1.98. The molecule has 2 rings (SSSR count). The van der Waals surface area contributed by atoms with Crippen molar-refractivity contribution < 1.29 is 0 Å². The number of hydrogen-bond acceptors (Lipinski definition) is 3. The zero-order valence-electron chi connectivity index (χ0n) is 8.27. The Morgan fingerprint density at radius 2 is 2.33 bits per heavy atom. The average molecular weight is 289 g/mol. The van der Waals surface area contributed by atoms with Crippen molar-refractivity contribution in [3.05, 3.63) is 27.2 Å². The summed E-state index contributed by atoms with van der Waals surface area (Å²) in [6, 6.07) is 3.88. The third-order valence-corrected chi connectivity index (χ3v) is 3.24. The van der Waals surface area contributed by atoms with Crippen molar-refractivity contribution in [3.8, 4) is 0 Å². The maximum Gasteiger partial charge on any atom is 0.195 e. The van der Waals surface area contributed by atoms with Gasteiger partial charge in [-0.15, -0.1) is 0 Å². The summed E-state index contributed by atoms with van der Waals surface area (Å²) in [5.74, 6) is 0.801. The average Bonchev–Trinajstić information content (AvgIpc) is 2.67. The van der Waals surface area contributed by atoms with Gasteiger partial charge in [-0.25, -0.2) is 0 Å². The molecule has 0 saturated carbocycles. The van der Waals surface area contributed by atoms with Crippen LogP contribution in [0.2, 0.25) is 5.02 Å². The number of nitrogens with one attached hydrogen (secondary N) is 2. The summed E-state index contributed by atoms with van der Waals surface area (Å²) < 4.78 is 0.987. The number of rotatable bonds is 1. The predicted octanol–water partition coefficient (Wildman–Crippen LogP) is 2.78. The van der Waals surface area contributed by atoms with Crippen LogP contribution in [0.1, 0.15) is 5.56 Å². The van der Waals surface area contributed by atoms with Crippen LogP contribution in [0.25, 0.3) is 0 Å². The highest BCUT2D eigenvalue weighted by atomic mass is 79.9. The zero-order chi connectivity index (χ0) is 10.8. The minimum absolute atomic E-state index is 0.749. The molecule has 0 spiro atoms. The summed E-state index contributed by atoms with van der Waals surface area (Å²) in [5, 5.41) is 7.08. The SMILES string of the molecule is Cc1cc(Br)c(NC2=NCCN2)cc1Cl. The van der Waals surface area contributed by atoms with E-state index in [0.717, 1.165) is 39.8 Å². The van der Waals surface area contributed by atoms with E-state index in [0.29, 0.717) is 0 Å². The van der Waals surface area contributed by atoms with E-state index < -0.39 is 0 Å². The first-order valence-corrected chi connectivity index (χ1v) is 5.85. The van der Waals surface area contributed by atoms with Gasteiger partial charge in [-0.2, -0.15) is 0 Å². The van der Waals surface area contributed by atoms with Crippen LogP contribution in [0, 0.1) is 6.92 Å². The van der Waals surface area contributed by atoms with Crippen molar-refractivity contribution >= 4 is 39.2 Å². The van der Waals surface area contributed by atoms with Gasteiger partial charge in [-0.3, -0.25) is 4.99 Å². The van der Waals surface area contributed by atoms with E-state index in [4.69, 9.17) is 11.6 Å². The largest absolute Gasteiger partial charge is 0.354 e. The summed E-state index contributed by atoms with van der Waals surface area (Å²) in [6.07, 6.45) is 0. The van der Waals surface area contributed by atoms with E-state index in [1.165, 1.54) is 0 Å². The van der Waals surface area contributed by atoms with Crippen LogP contribution in [0.15, 0.2) is 21.6 Å².